The van der Waals surface area contributed by atoms with E-state index in [0.717, 1.165) is 4.47 Å². The van der Waals surface area contributed by atoms with E-state index in [0.29, 0.717) is 12.0 Å². The monoisotopic (exact) mass is 329 g/mol. The summed E-state index contributed by atoms with van der Waals surface area (Å²) in [6, 6.07) is 15.7. The zero-order valence-corrected chi connectivity index (χ0v) is 13.6. The predicted octanol–water partition coefficient (Wildman–Crippen LogP) is 5.81. The van der Waals surface area contributed by atoms with Crippen molar-refractivity contribution >= 4 is 21.6 Å². The van der Waals surface area contributed by atoms with Crippen LogP contribution >= 0.6 is 15.9 Å². The number of hydrogen-bond donors (Lipinski definition) is 1. The first-order valence-electron chi connectivity index (χ1n) is 7.26. The summed E-state index contributed by atoms with van der Waals surface area (Å²) in [6.45, 7) is 4.49. The third-order valence-electron chi connectivity index (χ3n) is 4.31. The van der Waals surface area contributed by atoms with Crippen molar-refractivity contribution in [2.24, 2.45) is 0 Å². The van der Waals surface area contributed by atoms with Gasteiger partial charge in [0.15, 0.2) is 0 Å². The van der Waals surface area contributed by atoms with Gasteiger partial charge in [0.2, 0.25) is 0 Å². The zero-order valence-electron chi connectivity index (χ0n) is 12.0. The van der Waals surface area contributed by atoms with Gasteiger partial charge < -0.3 is 5.32 Å². The Hall–Kier alpha value is -1.28. The molecule has 2 atom stereocenters. The summed E-state index contributed by atoms with van der Waals surface area (Å²) >= 11 is 3.53. The minimum absolute atomic E-state index is 0.433. The van der Waals surface area contributed by atoms with Crippen LogP contribution in [0.1, 0.15) is 48.4 Å². The van der Waals surface area contributed by atoms with Gasteiger partial charge in [-0.3, -0.25) is 0 Å². The summed E-state index contributed by atoms with van der Waals surface area (Å²) in [6.07, 6.45) is 2.46. The molecule has 20 heavy (non-hydrogen) atoms. The van der Waals surface area contributed by atoms with Gasteiger partial charge in [-0.15, -0.1) is 0 Å². The highest BCUT2D eigenvalue weighted by Crippen LogP contribution is 2.39. The summed E-state index contributed by atoms with van der Waals surface area (Å²) in [5.74, 6) is 0.676. The Morgan fingerprint density at radius 2 is 1.80 bits per heavy atom. The smallest absolute Gasteiger partial charge is 0.0516 e. The fraction of sp³-hybridized carbons (Fsp3) is 0.333. The van der Waals surface area contributed by atoms with E-state index in [9.17, 15) is 0 Å². The van der Waals surface area contributed by atoms with Gasteiger partial charge in [0.25, 0.3) is 0 Å². The lowest BCUT2D eigenvalue weighted by atomic mass is 9.81. The molecule has 0 saturated heterocycles. The molecule has 2 unspecified atom stereocenters. The Kier molecular flexibility index (Phi) is 3.84. The fourth-order valence-corrected chi connectivity index (χ4v) is 3.61. The van der Waals surface area contributed by atoms with Crippen LogP contribution in [-0.2, 0) is 0 Å². The number of fused-ring (bicyclic) bond motifs is 1. The molecule has 0 heterocycles. The van der Waals surface area contributed by atoms with Gasteiger partial charge in [-0.2, -0.15) is 0 Å². The number of aryl methyl sites for hydroxylation is 1. The first kappa shape index (κ1) is 13.7. The van der Waals surface area contributed by atoms with Crippen molar-refractivity contribution in [1.29, 1.82) is 0 Å². The molecule has 0 aromatic heterocycles. The minimum atomic E-state index is 0.433. The Morgan fingerprint density at radius 1 is 1.05 bits per heavy atom. The molecule has 0 aliphatic heterocycles. The molecule has 2 aromatic rings. The lowest BCUT2D eigenvalue weighted by Crippen LogP contribution is -2.19. The molecule has 3 rings (SSSR count). The van der Waals surface area contributed by atoms with Crippen LogP contribution in [0.25, 0.3) is 0 Å². The van der Waals surface area contributed by atoms with Crippen LogP contribution in [0.15, 0.2) is 46.9 Å². The van der Waals surface area contributed by atoms with Crippen LogP contribution in [0, 0.1) is 6.92 Å². The molecule has 1 aliphatic rings. The highest BCUT2D eigenvalue weighted by Gasteiger charge is 2.24. The topological polar surface area (TPSA) is 12.0 Å². The van der Waals surface area contributed by atoms with Gasteiger partial charge in [-0.05, 0) is 60.6 Å². The second kappa shape index (κ2) is 5.61. The summed E-state index contributed by atoms with van der Waals surface area (Å²) in [5, 5.41) is 3.73. The molecular weight excluding hydrogens is 310 g/mol. The quantitative estimate of drug-likeness (QED) is 0.733. The van der Waals surface area contributed by atoms with Gasteiger partial charge in [-0.1, -0.05) is 47.1 Å². The van der Waals surface area contributed by atoms with E-state index in [-0.39, 0.29) is 0 Å². The zero-order chi connectivity index (χ0) is 14.1. The molecule has 0 spiro atoms. The lowest BCUT2D eigenvalue weighted by molar-refractivity contribution is 0.534. The Morgan fingerprint density at radius 3 is 2.55 bits per heavy atom. The van der Waals surface area contributed by atoms with E-state index in [1.807, 2.05) is 0 Å². The van der Waals surface area contributed by atoms with Crippen molar-refractivity contribution < 1.29 is 0 Å². The van der Waals surface area contributed by atoms with Crippen molar-refractivity contribution in [3.63, 3.8) is 0 Å². The van der Waals surface area contributed by atoms with E-state index in [1.54, 1.807) is 0 Å². The van der Waals surface area contributed by atoms with E-state index in [2.05, 4.69) is 77.6 Å². The number of anilines is 1. The molecule has 2 aromatic carbocycles. The standard InChI is InChI=1S/C18H20BrN/c1-12-7-9-18(16-6-4-3-5-15(12)16)20-17-10-8-14(19)11-13(17)2/h3-6,8,10-12,18,20H,7,9H2,1-2H3. The van der Waals surface area contributed by atoms with E-state index in [1.165, 1.54) is 35.2 Å². The Labute approximate surface area is 129 Å². The normalized spacial score (nSPS) is 21.4. The summed E-state index contributed by atoms with van der Waals surface area (Å²) < 4.78 is 1.14. The van der Waals surface area contributed by atoms with Crippen molar-refractivity contribution in [1.82, 2.24) is 0 Å². The second-order valence-corrected chi connectivity index (χ2v) is 6.68. The van der Waals surface area contributed by atoms with Crippen molar-refractivity contribution in [2.75, 3.05) is 5.32 Å². The third kappa shape index (κ3) is 2.62. The Bertz CT molecular complexity index is 621. The summed E-state index contributed by atoms with van der Waals surface area (Å²) in [5.41, 5.74) is 5.50. The van der Waals surface area contributed by atoms with Crippen LogP contribution in [0.5, 0.6) is 0 Å². The van der Waals surface area contributed by atoms with Crippen molar-refractivity contribution in [3.8, 4) is 0 Å². The first-order chi connectivity index (χ1) is 9.65. The van der Waals surface area contributed by atoms with Crippen LogP contribution in [0.2, 0.25) is 0 Å². The predicted molar refractivity (Wildman–Crippen MR) is 89.3 cm³/mol. The number of hydrogen-bond acceptors (Lipinski definition) is 1. The van der Waals surface area contributed by atoms with Crippen molar-refractivity contribution in [2.45, 2.75) is 38.6 Å². The molecule has 1 aliphatic carbocycles. The summed E-state index contributed by atoms with van der Waals surface area (Å²) in [7, 11) is 0. The molecule has 1 nitrogen and oxygen atoms in total. The number of halogens is 1. The van der Waals surface area contributed by atoms with Gasteiger partial charge in [0, 0.05) is 10.2 Å². The molecule has 104 valence electrons. The van der Waals surface area contributed by atoms with Gasteiger partial charge in [-0.25, -0.2) is 0 Å². The third-order valence-corrected chi connectivity index (χ3v) is 4.80. The average Bonchev–Trinajstić information content (AvgIpc) is 2.45. The van der Waals surface area contributed by atoms with E-state index in [4.69, 9.17) is 0 Å². The van der Waals surface area contributed by atoms with Gasteiger partial charge >= 0.3 is 0 Å². The Balaban J connectivity index is 1.90. The first-order valence-corrected chi connectivity index (χ1v) is 8.06. The maximum Gasteiger partial charge on any atom is 0.0516 e. The number of nitrogens with one attached hydrogen (secondary N) is 1. The maximum atomic E-state index is 3.73. The molecule has 2 heteroatoms. The molecule has 1 N–H and O–H groups in total. The molecular formula is C18H20BrN. The van der Waals surface area contributed by atoms with Crippen LogP contribution in [-0.4, -0.2) is 0 Å². The van der Waals surface area contributed by atoms with Crippen molar-refractivity contribution in [3.05, 3.63) is 63.6 Å². The molecule has 0 bridgehead atoms. The number of rotatable bonds is 2. The largest absolute Gasteiger partial charge is 0.378 e. The highest BCUT2D eigenvalue weighted by atomic mass is 79.9. The average molecular weight is 330 g/mol. The molecule has 0 radical (unpaired) electrons. The SMILES string of the molecule is Cc1cc(Br)ccc1NC1CCC(C)c2ccccc21. The summed E-state index contributed by atoms with van der Waals surface area (Å²) in [4.78, 5) is 0. The van der Waals surface area contributed by atoms with E-state index >= 15 is 0 Å². The van der Waals surface area contributed by atoms with Crippen LogP contribution in [0.3, 0.4) is 0 Å². The van der Waals surface area contributed by atoms with Gasteiger partial charge in [0.1, 0.15) is 0 Å². The van der Waals surface area contributed by atoms with E-state index < -0.39 is 0 Å². The number of benzene rings is 2. The minimum Gasteiger partial charge on any atom is -0.378 e. The highest BCUT2D eigenvalue weighted by molar-refractivity contribution is 9.10. The fourth-order valence-electron chi connectivity index (χ4n) is 3.13. The maximum absolute atomic E-state index is 3.73. The van der Waals surface area contributed by atoms with Crippen LogP contribution < -0.4 is 5.32 Å². The van der Waals surface area contributed by atoms with Crippen LogP contribution in [0.4, 0.5) is 5.69 Å². The second-order valence-electron chi connectivity index (χ2n) is 5.76. The molecule has 0 amide bonds. The molecule has 0 fully saturated rings. The molecule has 0 saturated carbocycles. The van der Waals surface area contributed by atoms with Gasteiger partial charge in [0.05, 0.1) is 6.04 Å². The lowest BCUT2D eigenvalue weighted by Gasteiger charge is -2.31.